The fourth-order valence-corrected chi connectivity index (χ4v) is 5.99. The van der Waals surface area contributed by atoms with Crippen LogP contribution in [0.3, 0.4) is 0 Å². The number of fused-ring (bicyclic) bond motifs is 7. The maximum Gasteiger partial charge on any atom is 0.251 e. The van der Waals surface area contributed by atoms with Crippen molar-refractivity contribution in [2.75, 3.05) is 25.6 Å². The van der Waals surface area contributed by atoms with E-state index in [2.05, 4.69) is 53.1 Å². The van der Waals surface area contributed by atoms with Crippen molar-refractivity contribution in [1.82, 2.24) is 5.32 Å². The molecule has 1 amide bonds. The number of ether oxygens (including phenoxy) is 1. The summed E-state index contributed by atoms with van der Waals surface area (Å²) in [4.78, 5) is 12.6. The number of nitrogens with one attached hydrogen (secondary N) is 2. The van der Waals surface area contributed by atoms with Crippen LogP contribution in [-0.2, 0) is 4.74 Å². The average molecular weight is 377 g/mol. The lowest BCUT2D eigenvalue weighted by molar-refractivity contribution is 0.0937. The number of carbonyl (C=O) groups excluding carboxylic acids is 1. The second-order valence-corrected chi connectivity index (χ2v) is 8.52. The Morgan fingerprint density at radius 3 is 2.79 bits per heavy atom. The van der Waals surface area contributed by atoms with Gasteiger partial charge in [-0.25, -0.2) is 0 Å². The van der Waals surface area contributed by atoms with Gasteiger partial charge in [0.2, 0.25) is 0 Å². The number of anilines is 1. The van der Waals surface area contributed by atoms with E-state index in [-0.39, 0.29) is 5.91 Å². The van der Waals surface area contributed by atoms with E-state index >= 15 is 0 Å². The lowest BCUT2D eigenvalue weighted by Crippen LogP contribution is -2.36. The minimum absolute atomic E-state index is 0.00950. The molecule has 1 heterocycles. The lowest BCUT2D eigenvalue weighted by Gasteiger charge is -2.43. The zero-order valence-corrected chi connectivity index (χ0v) is 16.4. The number of rotatable bonds is 5. The van der Waals surface area contributed by atoms with E-state index in [4.69, 9.17) is 4.74 Å². The fraction of sp³-hybridized carbons (Fsp3) is 0.458. The van der Waals surface area contributed by atoms with Gasteiger partial charge in [-0.2, -0.15) is 0 Å². The van der Waals surface area contributed by atoms with Gasteiger partial charge in [-0.1, -0.05) is 30.3 Å². The first-order valence-corrected chi connectivity index (χ1v) is 10.5. The molecule has 0 aromatic heterocycles. The minimum Gasteiger partial charge on any atom is -0.383 e. The largest absolute Gasteiger partial charge is 0.383 e. The third-order valence-corrected chi connectivity index (χ3v) is 7.10. The van der Waals surface area contributed by atoms with E-state index in [9.17, 15) is 4.79 Å². The number of hydrogen-bond acceptors (Lipinski definition) is 3. The molecule has 28 heavy (non-hydrogen) atoms. The molecular formula is C24H28N2O2. The third-order valence-electron chi connectivity index (χ3n) is 7.10. The summed E-state index contributed by atoms with van der Waals surface area (Å²) in [5, 5.41) is 6.79. The molecule has 146 valence electrons. The minimum atomic E-state index is -0.00950. The summed E-state index contributed by atoms with van der Waals surface area (Å²) in [6.45, 7) is 1.07. The van der Waals surface area contributed by atoms with Crippen LogP contribution in [0.4, 0.5) is 5.69 Å². The van der Waals surface area contributed by atoms with Crippen molar-refractivity contribution in [3.05, 3.63) is 65.2 Å². The molecular weight excluding hydrogens is 348 g/mol. The number of amides is 1. The van der Waals surface area contributed by atoms with Crippen LogP contribution in [0.1, 0.15) is 52.7 Å². The first-order valence-electron chi connectivity index (χ1n) is 10.5. The Morgan fingerprint density at radius 1 is 1.14 bits per heavy atom. The molecule has 3 aliphatic rings. The Morgan fingerprint density at radius 2 is 1.96 bits per heavy atom. The van der Waals surface area contributed by atoms with E-state index in [1.807, 2.05) is 6.07 Å². The molecule has 2 saturated carbocycles. The maximum atomic E-state index is 12.6. The van der Waals surface area contributed by atoms with Gasteiger partial charge in [0.25, 0.3) is 5.91 Å². The molecule has 1 aliphatic heterocycles. The summed E-state index contributed by atoms with van der Waals surface area (Å²) in [6.07, 6.45) is 4.02. The van der Waals surface area contributed by atoms with Gasteiger partial charge >= 0.3 is 0 Å². The Hall–Kier alpha value is -2.33. The summed E-state index contributed by atoms with van der Waals surface area (Å²) in [5.41, 5.74) is 4.70. The zero-order valence-electron chi connectivity index (χ0n) is 16.4. The number of carbonyl (C=O) groups is 1. The monoisotopic (exact) mass is 376 g/mol. The Balaban J connectivity index is 1.49. The van der Waals surface area contributed by atoms with E-state index in [0.717, 1.165) is 17.4 Å². The summed E-state index contributed by atoms with van der Waals surface area (Å²) < 4.78 is 5.04. The highest BCUT2D eigenvalue weighted by molar-refractivity contribution is 5.95. The van der Waals surface area contributed by atoms with Crippen molar-refractivity contribution < 1.29 is 9.53 Å². The summed E-state index contributed by atoms with van der Waals surface area (Å²) >= 11 is 0. The normalized spacial score (nSPS) is 29.7. The first-order chi connectivity index (χ1) is 13.8. The molecule has 2 bridgehead atoms. The molecule has 0 saturated heterocycles. The highest BCUT2D eigenvalue weighted by atomic mass is 16.5. The number of hydrogen-bond donors (Lipinski definition) is 2. The van der Waals surface area contributed by atoms with Crippen molar-refractivity contribution in [1.29, 1.82) is 0 Å². The van der Waals surface area contributed by atoms with Crippen LogP contribution < -0.4 is 10.6 Å². The average Bonchev–Trinajstić information content (AvgIpc) is 3.36. The second-order valence-electron chi connectivity index (χ2n) is 8.52. The summed E-state index contributed by atoms with van der Waals surface area (Å²) in [5.74, 6) is 2.73. The van der Waals surface area contributed by atoms with E-state index in [1.54, 1.807) is 7.11 Å². The summed E-state index contributed by atoms with van der Waals surface area (Å²) in [7, 11) is 1.65. The van der Waals surface area contributed by atoms with Crippen molar-refractivity contribution in [3.8, 4) is 0 Å². The van der Waals surface area contributed by atoms with Crippen molar-refractivity contribution >= 4 is 11.6 Å². The van der Waals surface area contributed by atoms with Crippen LogP contribution in [0.2, 0.25) is 0 Å². The van der Waals surface area contributed by atoms with Crippen LogP contribution >= 0.6 is 0 Å². The standard InChI is InChI=1S/C24H28N2O2/c1-28-12-11-25-24(27)18-9-10-20-19(14-18)21-16-7-8-17(13-16)22(21)23(26-20)15-5-3-2-4-6-15/h2-6,9-10,14,16-17,21-23,26H,7-8,11-13H2,1H3,(H,25,27)/t16-,17-,21+,22-,23-/m0/s1. The second kappa shape index (κ2) is 7.25. The molecule has 4 nitrogen and oxygen atoms in total. The fourth-order valence-electron chi connectivity index (χ4n) is 5.99. The molecule has 0 unspecified atom stereocenters. The number of methoxy groups -OCH3 is 1. The van der Waals surface area contributed by atoms with E-state index < -0.39 is 0 Å². The van der Waals surface area contributed by atoms with Crippen molar-refractivity contribution in [2.45, 2.75) is 31.2 Å². The first kappa shape index (κ1) is 17.7. The van der Waals surface area contributed by atoms with E-state index in [0.29, 0.717) is 31.0 Å². The molecule has 2 N–H and O–H groups in total. The van der Waals surface area contributed by atoms with Gasteiger partial charge in [0.05, 0.1) is 12.6 Å². The van der Waals surface area contributed by atoms with Crippen LogP contribution in [0, 0.1) is 17.8 Å². The molecule has 0 spiro atoms. The maximum absolute atomic E-state index is 12.6. The Bertz CT molecular complexity index is 866. The molecule has 5 rings (SSSR count). The van der Waals surface area contributed by atoms with Gasteiger partial charge in [-0.15, -0.1) is 0 Å². The molecule has 2 aromatic carbocycles. The molecule has 5 atom stereocenters. The molecule has 2 aromatic rings. The van der Waals surface area contributed by atoms with Crippen LogP contribution in [0.25, 0.3) is 0 Å². The van der Waals surface area contributed by atoms with Gasteiger partial charge < -0.3 is 15.4 Å². The Kier molecular flexibility index (Phi) is 4.59. The van der Waals surface area contributed by atoms with Gasteiger partial charge in [-0.05, 0) is 72.3 Å². The molecule has 0 radical (unpaired) electrons. The highest BCUT2D eigenvalue weighted by Gasteiger charge is 2.53. The highest BCUT2D eigenvalue weighted by Crippen LogP contribution is 2.63. The predicted octanol–water partition coefficient (Wildman–Crippen LogP) is 4.36. The zero-order chi connectivity index (χ0) is 19.1. The van der Waals surface area contributed by atoms with Crippen LogP contribution in [0.15, 0.2) is 48.5 Å². The quantitative estimate of drug-likeness (QED) is 0.763. The van der Waals surface area contributed by atoms with Crippen LogP contribution in [-0.4, -0.2) is 26.2 Å². The molecule has 2 fully saturated rings. The summed E-state index contributed by atoms with van der Waals surface area (Å²) in [6, 6.07) is 17.5. The van der Waals surface area contributed by atoms with E-state index in [1.165, 1.54) is 36.1 Å². The Labute approximate surface area is 166 Å². The molecule has 4 heteroatoms. The molecule has 2 aliphatic carbocycles. The SMILES string of the molecule is COCCNC(=O)c1ccc2c(c1)[C@H]1[C@H]3CC[C@@H](C3)[C@@H]1[C@H](c1ccccc1)N2. The van der Waals surface area contributed by atoms with Crippen molar-refractivity contribution in [2.24, 2.45) is 17.8 Å². The third kappa shape index (κ3) is 2.91. The van der Waals surface area contributed by atoms with Crippen molar-refractivity contribution in [3.63, 3.8) is 0 Å². The van der Waals surface area contributed by atoms with Gasteiger partial charge in [0.15, 0.2) is 0 Å². The van der Waals surface area contributed by atoms with Crippen LogP contribution in [0.5, 0.6) is 0 Å². The van der Waals surface area contributed by atoms with Gasteiger partial charge in [0, 0.05) is 24.9 Å². The van der Waals surface area contributed by atoms with Gasteiger partial charge in [-0.3, -0.25) is 4.79 Å². The predicted molar refractivity (Wildman–Crippen MR) is 111 cm³/mol. The number of benzene rings is 2. The van der Waals surface area contributed by atoms with Gasteiger partial charge in [0.1, 0.15) is 0 Å². The smallest absolute Gasteiger partial charge is 0.251 e. The topological polar surface area (TPSA) is 50.4 Å². The lowest BCUT2D eigenvalue weighted by atomic mass is 9.68.